The van der Waals surface area contributed by atoms with Crippen molar-refractivity contribution in [2.45, 2.75) is 12.8 Å². The summed E-state index contributed by atoms with van der Waals surface area (Å²) >= 11 is 1.09. The Bertz CT molecular complexity index is 1520. The standard InChI is InChI=1S/C29H25FN4O4S/c1-17-26(28(37)34-20-8-4-3-5-9-20)27(18-11-12-23(35)24(13-18)38-2)22(15-31)29(32-17)39-16-25(36)33-21-10-6-7-19(30)14-21/h3-14,27,32,35H,16H2,1-2H3,(H,33,36)(H,34,37). The lowest BCUT2D eigenvalue weighted by Gasteiger charge is -2.30. The number of methoxy groups -OCH3 is 1. The molecule has 1 heterocycles. The number of nitrogens with zero attached hydrogens (tertiary/aromatic N) is 1. The van der Waals surface area contributed by atoms with E-state index >= 15 is 0 Å². The SMILES string of the molecule is COc1cc(C2C(C#N)=C(SCC(=O)Nc3cccc(F)c3)NC(C)=C2C(=O)Nc2ccccc2)ccc1O. The number of dihydropyridines is 1. The molecule has 10 heteroatoms. The topological polar surface area (TPSA) is 123 Å². The van der Waals surface area contributed by atoms with Crippen molar-refractivity contribution in [3.63, 3.8) is 0 Å². The van der Waals surface area contributed by atoms with Crippen LogP contribution in [-0.4, -0.2) is 29.8 Å². The maximum Gasteiger partial charge on any atom is 0.254 e. The predicted molar refractivity (Wildman–Crippen MR) is 148 cm³/mol. The van der Waals surface area contributed by atoms with Crippen LogP contribution in [0.15, 0.2) is 94.7 Å². The van der Waals surface area contributed by atoms with Crippen molar-refractivity contribution in [2.75, 3.05) is 23.5 Å². The van der Waals surface area contributed by atoms with Crippen molar-refractivity contribution in [1.82, 2.24) is 5.32 Å². The second-order valence-electron chi connectivity index (χ2n) is 8.55. The molecule has 0 aliphatic carbocycles. The first-order valence-corrected chi connectivity index (χ1v) is 12.8. The molecule has 1 atom stereocenters. The summed E-state index contributed by atoms with van der Waals surface area (Å²) in [5.41, 5.74) is 2.46. The third kappa shape index (κ3) is 6.40. The fourth-order valence-corrected chi connectivity index (χ4v) is 5.05. The Balaban J connectivity index is 1.67. The van der Waals surface area contributed by atoms with Gasteiger partial charge in [0, 0.05) is 22.6 Å². The number of para-hydroxylation sites is 1. The van der Waals surface area contributed by atoms with Gasteiger partial charge in [0.25, 0.3) is 5.91 Å². The molecular formula is C29H25FN4O4S. The monoisotopic (exact) mass is 544 g/mol. The summed E-state index contributed by atoms with van der Waals surface area (Å²) in [5.74, 6) is -2.07. The van der Waals surface area contributed by atoms with E-state index in [-0.39, 0.29) is 22.8 Å². The van der Waals surface area contributed by atoms with E-state index in [0.29, 0.717) is 33.2 Å². The number of phenols is 1. The molecule has 0 saturated heterocycles. The van der Waals surface area contributed by atoms with E-state index in [1.165, 1.54) is 31.4 Å². The maximum absolute atomic E-state index is 13.5. The number of rotatable bonds is 8. The highest BCUT2D eigenvalue weighted by Crippen LogP contribution is 2.43. The lowest BCUT2D eigenvalue weighted by atomic mass is 9.82. The van der Waals surface area contributed by atoms with Crippen LogP contribution in [0.3, 0.4) is 0 Å². The molecule has 1 aliphatic rings. The Labute approximate surface area is 229 Å². The van der Waals surface area contributed by atoms with Gasteiger partial charge in [-0.2, -0.15) is 5.26 Å². The van der Waals surface area contributed by atoms with Crippen molar-refractivity contribution in [2.24, 2.45) is 0 Å². The second-order valence-corrected chi connectivity index (χ2v) is 9.54. The molecule has 198 valence electrons. The van der Waals surface area contributed by atoms with E-state index in [1.807, 2.05) is 6.07 Å². The number of hydrogen-bond acceptors (Lipinski definition) is 7. The number of carbonyl (C=O) groups excluding carboxylic acids is 2. The number of halogens is 1. The van der Waals surface area contributed by atoms with Gasteiger partial charge in [-0.25, -0.2) is 4.39 Å². The summed E-state index contributed by atoms with van der Waals surface area (Å²) < 4.78 is 18.8. The predicted octanol–water partition coefficient (Wildman–Crippen LogP) is 5.25. The van der Waals surface area contributed by atoms with Crippen LogP contribution in [-0.2, 0) is 9.59 Å². The molecule has 1 aliphatic heterocycles. The van der Waals surface area contributed by atoms with Gasteiger partial charge in [-0.1, -0.05) is 42.1 Å². The lowest BCUT2D eigenvalue weighted by molar-refractivity contribution is -0.114. The highest BCUT2D eigenvalue weighted by Gasteiger charge is 2.35. The van der Waals surface area contributed by atoms with Gasteiger partial charge in [0.2, 0.25) is 5.91 Å². The first kappa shape index (κ1) is 27.3. The number of aromatic hydroxyl groups is 1. The van der Waals surface area contributed by atoms with Gasteiger partial charge in [0.15, 0.2) is 11.5 Å². The summed E-state index contributed by atoms with van der Waals surface area (Å²) in [6, 6.07) is 21.3. The van der Waals surface area contributed by atoms with Crippen molar-refractivity contribution in [3.8, 4) is 17.6 Å². The quantitative estimate of drug-likeness (QED) is 0.306. The fourth-order valence-electron chi connectivity index (χ4n) is 4.16. The number of nitrogens with one attached hydrogen (secondary N) is 3. The minimum Gasteiger partial charge on any atom is -0.504 e. The highest BCUT2D eigenvalue weighted by molar-refractivity contribution is 8.03. The van der Waals surface area contributed by atoms with Crippen LogP contribution < -0.4 is 20.7 Å². The summed E-state index contributed by atoms with van der Waals surface area (Å²) in [7, 11) is 1.41. The zero-order chi connectivity index (χ0) is 27.9. The molecule has 4 N–H and O–H groups in total. The molecule has 3 aromatic carbocycles. The number of ether oxygens (including phenoxy) is 1. The molecule has 39 heavy (non-hydrogen) atoms. The minimum atomic E-state index is -0.816. The molecule has 0 radical (unpaired) electrons. The minimum absolute atomic E-state index is 0.0749. The van der Waals surface area contributed by atoms with Crippen LogP contribution in [0.5, 0.6) is 11.5 Å². The van der Waals surface area contributed by atoms with Gasteiger partial charge < -0.3 is 25.8 Å². The van der Waals surface area contributed by atoms with E-state index in [1.54, 1.807) is 49.4 Å². The molecule has 1 unspecified atom stereocenters. The van der Waals surface area contributed by atoms with Crippen LogP contribution in [0.2, 0.25) is 0 Å². The number of benzene rings is 3. The Hall–Kier alpha value is -4.75. The van der Waals surface area contributed by atoms with Crippen molar-refractivity contribution < 1.29 is 23.8 Å². The van der Waals surface area contributed by atoms with E-state index in [4.69, 9.17) is 4.74 Å². The van der Waals surface area contributed by atoms with Gasteiger partial charge in [0.05, 0.1) is 35.5 Å². The number of thioether (sulfide) groups is 1. The van der Waals surface area contributed by atoms with Crippen LogP contribution in [0.4, 0.5) is 15.8 Å². The first-order chi connectivity index (χ1) is 18.8. The van der Waals surface area contributed by atoms with Gasteiger partial charge in [-0.15, -0.1) is 0 Å². The Morgan fingerprint density at radius 1 is 1.08 bits per heavy atom. The summed E-state index contributed by atoms with van der Waals surface area (Å²) in [6.45, 7) is 1.71. The van der Waals surface area contributed by atoms with Crippen LogP contribution >= 0.6 is 11.8 Å². The number of carbonyl (C=O) groups is 2. The molecule has 0 saturated carbocycles. The number of phenolic OH excluding ortho intramolecular Hbond substituents is 1. The first-order valence-electron chi connectivity index (χ1n) is 11.8. The highest BCUT2D eigenvalue weighted by atomic mass is 32.2. The summed E-state index contributed by atoms with van der Waals surface area (Å²) in [6.07, 6.45) is 0. The molecule has 2 amide bonds. The third-order valence-corrected chi connectivity index (χ3v) is 6.93. The van der Waals surface area contributed by atoms with Crippen molar-refractivity contribution in [1.29, 1.82) is 5.26 Å². The van der Waals surface area contributed by atoms with Crippen LogP contribution in [0.1, 0.15) is 18.4 Å². The van der Waals surface area contributed by atoms with Crippen LogP contribution in [0.25, 0.3) is 0 Å². The molecule has 0 bridgehead atoms. The zero-order valence-electron chi connectivity index (χ0n) is 21.1. The van der Waals surface area contributed by atoms with E-state index in [9.17, 15) is 24.3 Å². The number of amides is 2. The Kier molecular flexibility index (Phi) is 8.53. The Morgan fingerprint density at radius 3 is 2.51 bits per heavy atom. The Morgan fingerprint density at radius 2 is 1.82 bits per heavy atom. The normalized spacial score (nSPS) is 14.8. The number of allylic oxidation sites excluding steroid dienone is 2. The number of nitriles is 1. The summed E-state index contributed by atoms with van der Waals surface area (Å²) in [5, 5.41) is 29.4. The van der Waals surface area contributed by atoms with Gasteiger partial charge in [-0.05, 0) is 55.0 Å². The average Bonchev–Trinajstić information content (AvgIpc) is 2.92. The molecule has 0 aromatic heterocycles. The number of anilines is 2. The van der Waals surface area contributed by atoms with E-state index in [0.717, 1.165) is 11.8 Å². The lowest BCUT2D eigenvalue weighted by Crippen LogP contribution is -2.31. The maximum atomic E-state index is 13.5. The van der Waals surface area contributed by atoms with Crippen molar-refractivity contribution in [3.05, 3.63) is 106 Å². The molecular weight excluding hydrogens is 519 g/mol. The average molecular weight is 545 g/mol. The van der Waals surface area contributed by atoms with Gasteiger partial charge in [-0.3, -0.25) is 9.59 Å². The molecule has 4 rings (SSSR count). The molecule has 8 nitrogen and oxygen atoms in total. The zero-order valence-corrected chi connectivity index (χ0v) is 21.9. The number of hydrogen-bond donors (Lipinski definition) is 4. The summed E-state index contributed by atoms with van der Waals surface area (Å²) in [4.78, 5) is 26.1. The molecule has 0 spiro atoms. The van der Waals surface area contributed by atoms with E-state index in [2.05, 4.69) is 22.0 Å². The fraction of sp³-hybridized carbons (Fsp3) is 0.138. The molecule has 3 aromatic rings. The second kappa shape index (κ2) is 12.2. The molecule has 0 fully saturated rings. The van der Waals surface area contributed by atoms with Crippen LogP contribution in [0, 0.1) is 17.1 Å². The smallest absolute Gasteiger partial charge is 0.254 e. The largest absolute Gasteiger partial charge is 0.504 e. The van der Waals surface area contributed by atoms with Gasteiger partial charge in [0.1, 0.15) is 5.82 Å². The van der Waals surface area contributed by atoms with Gasteiger partial charge >= 0.3 is 0 Å². The third-order valence-electron chi connectivity index (χ3n) is 5.92. The van der Waals surface area contributed by atoms with Crippen molar-refractivity contribution >= 4 is 35.0 Å². The van der Waals surface area contributed by atoms with E-state index < -0.39 is 23.5 Å².